The minimum Gasteiger partial charge on any atom is -0.493 e. The van der Waals surface area contributed by atoms with Crippen LogP contribution >= 0.6 is 39.3 Å². The Balaban J connectivity index is 1.78. The van der Waals surface area contributed by atoms with Crippen molar-refractivity contribution in [2.75, 3.05) is 13.2 Å². The number of fused-ring (bicyclic) bond motifs is 1. The van der Waals surface area contributed by atoms with Crippen LogP contribution in [0.4, 0.5) is 5.69 Å². The molecule has 0 unspecified atom stereocenters. The molecule has 1 amide bonds. The van der Waals surface area contributed by atoms with Crippen molar-refractivity contribution in [2.45, 2.75) is 13.8 Å². The van der Waals surface area contributed by atoms with Gasteiger partial charge in [0.1, 0.15) is 5.75 Å². The molecular formula is C24H20BrClN2O2S. The number of benzene rings is 3. The van der Waals surface area contributed by atoms with E-state index in [2.05, 4.69) is 27.0 Å². The molecule has 1 heterocycles. The Kier molecular flexibility index (Phi) is 6.70. The number of halogens is 2. The summed E-state index contributed by atoms with van der Waals surface area (Å²) >= 11 is 11.0. The monoisotopic (exact) mass is 514 g/mol. The third kappa shape index (κ3) is 4.52. The zero-order valence-corrected chi connectivity index (χ0v) is 20.2. The summed E-state index contributed by atoms with van der Waals surface area (Å²) in [4.78, 5) is 20.1. The summed E-state index contributed by atoms with van der Waals surface area (Å²) in [5.74, 6) is 0.695. The van der Waals surface area contributed by atoms with Gasteiger partial charge in [0.05, 0.1) is 22.2 Å². The van der Waals surface area contributed by atoms with E-state index in [-0.39, 0.29) is 5.91 Å². The number of rotatable bonds is 5. The number of hydrogen-bond acceptors (Lipinski definition) is 4. The van der Waals surface area contributed by atoms with E-state index >= 15 is 0 Å². The third-order valence-corrected chi connectivity index (χ3v) is 7.08. The molecule has 0 spiro atoms. The summed E-state index contributed by atoms with van der Waals surface area (Å²) in [5.41, 5.74) is 1.60. The van der Waals surface area contributed by atoms with Gasteiger partial charge in [-0.1, -0.05) is 41.9 Å². The zero-order chi connectivity index (χ0) is 22.0. The molecule has 4 nitrogen and oxygen atoms in total. The summed E-state index contributed by atoms with van der Waals surface area (Å²) in [6.45, 7) is 4.97. The summed E-state index contributed by atoms with van der Waals surface area (Å²) in [7, 11) is 0. The molecule has 158 valence electrons. The number of ether oxygens (including phenoxy) is 1. The van der Waals surface area contributed by atoms with Gasteiger partial charge in [-0.3, -0.25) is 9.69 Å². The maximum absolute atomic E-state index is 13.1. The first-order valence-electron chi connectivity index (χ1n) is 9.91. The largest absolute Gasteiger partial charge is 0.493 e. The van der Waals surface area contributed by atoms with Crippen LogP contribution in [0.3, 0.4) is 0 Å². The summed E-state index contributed by atoms with van der Waals surface area (Å²) < 4.78 is 6.67. The molecule has 0 radical (unpaired) electrons. The first kappa shape index (κ1) is 21.9. The molecule has 0 bridgehead atoms. The van der Waals surface area contributed by atoms with Crippen molar-refractivity contribution in [3.05, 3.63) is 74.6 Å². The van der Waals surface area contributed by atoms with Crippen molar-refractivity contribution in [3.8, 4) is 5.75 Å². The third-order valence-electron chi connectivity index (χ3n) is 4.84. The Morgan fingerprint density at radius 3 is 2.71 bits per heavy atom. The van der Waals surface area contributed by atoms with Gasteiger partial charge in [0, 0.05) is 16.6 Å². The SMILES string of the molecule is CCOc1ccc2ccccc2c1/C=C1\SC(=Nc2ccc(Br)c(Cl)c2)N(CC)C1=O. The molecule has 0 aliphatic carbocycles. The van der Waals surface area contributed by atoms with Crippen molar-refractivity contribution in [1.82, 2.24) is 4.90 Å². The number of carbonyl (C=O) groups excluding carboxylic acids is 1. The van der Waals surface area contributed by atoms with Crippen molar-refractivity contribution in [1.29, 1.82) is 0 Å². The van der Waals surface area contributed by atoms with E-state index in [4.69, 9.17) is 16.3 Å². The van der Waals surface area contributed by atoms with E-state index in [1.807, 2.05) is 62.4 Å². The van der Waals surface area contributed by atoms with Crippen LogP contribution < -0.4 is 4.74 Å². The molecule has 4 rings (SSSR count). The van der Waals surface area contributed by atoms with Gasteiger partial charge >= 0.3 is 0 Å². The normalized spacial score (nSPS) is 16.6. The number of carbonyl (C=O) groups is 1. The Bertz CT molecular complexity index is 1230. The van der Waals surface area contributed by atoms with Gasteiger partial charge in [-0.25, -0.2) is 4.99 Å². The quantitative estimate of drug-likeness (QED) is 0.335. The number of thioether (sulfide) groups is 1. The van der Waals surface area contributed by atoms with Crippen LogP contribution in [0.25, 0.3) is 16.8 Å². The van der Waals surface area contributed by atoms with E-state index in [1.54, 1.807) is 11.0 Å². The van der Waals surface area contributed by atoms with Gasteiger partial charge in [-0.15, -0.1) is 0 Å². The maximum atomic E-state index is 13.1. The average Bonchev–Trinajstić information content (AvgIpc) is 3.06. The molecule has 1 aliphatic rings. The zero-order valence-electron chi connectivity index (χ0n) is 17.1. The van der Waals surface area contributed by atoms with E-state index < -0.39 is 0 Å². The van der Waals surface area contributed by atoms with E-state index in [0.717, 1.165) is 26.6 Å². The van der Waals surface area contributed by atoms with Crippen LogP contribution in [0.1, 0.15) is 19.4 Å². The standard InChI is InChI=1S/C24H20BrClN2O2S/c1-3-28-23(29)22(31-24(28)27-16-10-11-19(25)20(26)13-16)14-18-17-8-6-5-7-15(17)9-12-21(18)30-4-2/h5-14H,3-4H2,1-2H3/b22-14-,27-24?. The fraction of sp³-hybridized carbons (Fsp3) is 0.167. The number of likely N-dealkylation sites (N-methyl/N-ethyl adjacent to an activating group) is 1. The molecule has 3 aromatic carbocycles. The molecule has 0 aromatic heterocycles. The van der Waals surface area contributed by atoms with Crippen molar-refractivity contribution in [3.63, 3.8) is 0 Å². The minimum atomic E-state index is -0.0650. The molecule has 7 heteroatoms. The molecule has 31 heavy (non-hydrogen) atoms. The molecule has 0 N–H and O–H groups in total. The van der Waals surface area contributed by atoms with E-state index in [1.165, 1.54) is 11.8 Å². The van der Waals surface area contributed by atoms with Crippen LogP contribution in [-0.2, 0) is 4.79 Å². The van der Waals surface area contributed by atoms with Gasteiger partial charge in [0.15, 0.2) is 5.17 Å². The second-order valence-corrected chi connectivity index (χ2v) is 9.06. The first-order valence-corrected chi connectivity index (χ1v) is 11.9. The highest BCUT2D eigenvalue weighted by Gasteiger charge is 2.32. The molecule has 1 saturated heterocycles. The lowest BCUT2D eigenvalue weighted by Crippen LogP contribution is -2.28. The van der Waals surface area contributed by atoms with Crippen LogP contribution in [-0.4, -0.2) is 29.1 Å². The molecule has 1 fully saturated rings. The van der Waals surface area contributed by atoms with Crippen molar-refractivity contribution in [2.24, 2.45) is 4.99 Å². The lowest BCUT2D eigenvalue weighted by Gasteiger charge is -2.12. The molecule has 0 saturated carbocycles. The van der Waals surface area contributed by atoms with Gasteiger partial charge < -0.3 is 4.74 Å². The predicted octanol–water partition coefficient (Wildman–Crippen LogP) is 7.28. The fourth-order valence-electron chi connectivity index (χ4n) is 3.37. The fourth-order valence-corrected chi connectivity index (χ4v) is 4.84. The molecular weight excluding hydrogens is 496 g/mol. The molecule has 0 atom stereocenters. The van der Waals surface area contributed by atoms with Crippen LogP contribution in [0, 0.1) is 0 Å². The highest BCUT2D eigenvalue weighted by molar-refractivity contribution is 9.10. The van der Waals surface area contributed by atoms with Gasteiger partial charge in [-0.05, 0) is 82.7 Å². The highest BCUT2D eigenvalue weighted by atomic mass is 79.9. The molecule has 3 aromatic rings. The van der Waals surface area contributed by atoms with Crippen LogP contribution in [0.2, 0.25) is 5.02 Å². The minimum absolute atomic E-state index is 0.0650. The smallest absolute Gasteiger partial charge is 0.266 e. The Morgan fingerprint density at radius 2 is 1.97 bits per heavy atom. The number of amides is 1. The van der Waals surface area contributed by atoms with E-state index in [9.17, 15) is 4.79 Å². The highest BCUT2D eigenvalue weighted by Crippen LogP contribution is 2.38. The van der Waals surface area contributed by atoms with Gasteiger partial charge in [0.2, 0.25) is 0 Å². The van der Waals surface area contributed by atoms with Crippen LogP contribution in [0.15, 0.2) is 69.0 Å². The Labute approximate surface area is 199 Å². The second kappa shape index (κ2) is 9.47. The predicted molar refractivity (Wildman–Crippen MR) is 134 cm³/mol. The lowest BCUT2D eigenvalue weighted by atomic mass is 10.0. The maximum Gasteiger partial charge on any atom is 0.266 e. The molecule has 1 aliphatic heterocycles. The number of nitrogens with zero attached hydrogens (tertiary/aromatic N) is 2. The van der Waals surface area contributed by atoms with Gasteiger partial charge in [-0.2, -0.15) is 0 Å². The number of hydrogen-bond donors (Lipinski definition) is 0. The van der Waals surface area contributed by atoms with Crippen molar-refractivity contribution < 1.29 is 9.53 Å². The van der Waals surface area contributed by atoms with Gasteiger partial charge in [0.25, 0.3) is 5.91 Å². The summed E-state index contributed by atoms with van der Waals surface area (Å²) in [6.07, 6.45) is 1.92. The second-order valence-electron chi connectivity index (χ2n) is 6.78. The number of aliphatic imine (C=N–C) groups is 1. The first-order chi connectivity index (χ1) is 15.0. The topological polar surface area (TPSA) is 41.9 Å². The Morgan fingerprint density at radius 1 is 1.16 bits per heavy atom. The van der Waals surface area contributed by atoms with Crippen LogP contribution in [0.5, 0.6) is 5.75 Å². The average molecular weight is 516 g/mol. The summed E-state index contributed by atoms with van der Waals surface area (Å²) in [5, 5.41) is 3.35. The number of amidine groups is 1. The van der Waals surface area contributed by atoms with E-state index in [0.29, 0.717) is 33.9 Å². The lowest BCUT2D eigenvalue weighted by molar-refractivity contribution is -0.122. The summed E-state index contributed by atoms with van der Waals surface area (Å²) in [6, 6.07) is 17.6. The Hall–Kier alpha value is -2.28. The van der Waals surface area contributed by atoms with Crippen molar-refractivity contribution >= 4 is 72.9 Å².